The van der Waals surface area contributed by atoms with Gasteiger partial charge in [0.25, 0.3) is 0 Å². The first-order valence-corrected chi connectivity index (χ1v) is 11.3. The Balaban J connectivity index is 1.62. The normalized spacial score (nSPS) is 14.5. The summed E-state index contributed by atoms with van der Waals surface area (Å²) >= 11 is 0. The van der Waals surface area contributed by atoms with Gasteiger partial charge >= 0.3 is 12.1 Å². The summed E-state index contributed by atoms with van der Waals surface area (Å²) in [4.78, 5) is 36.8. The van der Waals surface area contributed by atoms with E-state index in [2.05, 4.69) is 22.8 Å². The summed E-state index contributed by atoms with van der Waals surface area (Å²) in [6.07, 6.45) is 0.394. The number of hydrogen-bond donors (Lipinski definition) is 3. The number of ether oxygens (including phenoxy) is 1. The van der Waals surface area contributed by atoms with Gasteiger partial charge in [-0.3, -0.25) is 4.79 Å². The second-order valence-corrected chi connectivity index (χ2v) is 9.19. The molecule has 2 unspecified atom stereocenters. The predicted molar refractivity (Wildman–Crippen MR) is 126 cm³/mol. The lowest BCUT2D eigenvalue weighted by atomic mass is 9.97. The number of fused-ring (bicyclic) bond motifs is 3. The highest BCUT2D eigenvalue weighted by molar-refractivity contribution is 5.92. The van der Waals surface area contributed by atoms with Crippen molar-refractivity contribution in [1.82, 2.24) is 10.6 Å². The summed E-state index contributed by atoms with van der Waals surface area (Å²) in [5.41, 5.74) is 3.10. The monoisotopic (exact) mass is 452 g/mol. The van der Waals surface area contributed by atoms with Crippen molar-refractivity contribution in [1.29, 1.82) is 0 Å². The molecule has 33 heavy (non-hydrogen) atoms. The van der Waals surface area contributed by atoms with E-state index in [1.54, 1.807) is 0 Å². The minimum absolute atomic E-state index is 0.0907. The van der Waals surface area contributed by atoms with Crippen LogP contribution < -0.4 is 10.6 Å². The minimum atomic E-state index is -1.34. The molecule has 0 bridgehead atoms. The van der Waals surface area contributed by atoms with Gasteiger partial charge in [0, 0.05) is 5.92 Å². The van der Waals surface area contributed by atoms with Crippen LogP contribution in [0.3, 0.4) is 0 Å². The number of hydrogen-bond acceptors (Lipinski definition) is 4. The Morgan fingerprint density at radius 2 is 1.58 bits per heavy atom. The number of rotatable bonds is 9. The molecule has 2 aromatic rings. The van der Waals surface area contributed by atoms with Crippen LogP contribution in [0, 0.1) is 5.92 Å². The minimum Gasteiger partial charge on any atom is -0.480 e. The largest absolute Gasteiger partial charge is 0.480 e. The van der Waals surface area contributed by atoms with Crippen LogP contribution in [-0.4, -0.2) is 41.3 Å². The Morgan fingerprint density at radius 3 is 2.09 bits per heavy atom. The van der Waals surface area contributed by atoms with Crippen LogP contribution in [0.1, 0.15) is 57.6 Å². The van der Waals surface area contributed by atoms with Crippen LogP contribution >= 0.6 is 0 Å². The lowest BCUT2D eigenvalue weighted by Gasteiger charge is -2.27. The van der Waals surface area contributed by atoms with Gasteiger partial charge in [0.15, 0.2) is 0 Å². The fourth-order valence-electron chi connectivity index (χ4n) is 4.08. The molecule has 0 saturated heterocycles. The van der Waals surface area contributed by atoms with E-state index in [-0.39, 0.29) is 18.4 Å². The lowest BCUT2D eigenvalue weighted by Crippen LogP contribution is -2.58. The highest BCUT2D eigenvalue weighted by Crippen LogP contribution is 2.44. The molecule has 7 heteroatoms. The quantitative estimate of drug-likeness (QED) is 0.526. The number of amides is 2. The Labute approximate surface area is 194 Å². The van der Waals surface area contributed by atoms with Gasteiger partial charge in [0.2, 0.25) is 5.91 Å². The van der Waals surface area contributed by atoms with Crippen LogP contribution in [0.5, 0.6) is 0 Å². The summed E-state index contributed by atoms with van der Waals surface area (Å²) in [7, 11) is 0. The fourth-order valence-corrected chi connectivity index (χ4v) is 4.08. The summed E-state index contributed by atoms with van der Waals surface area (Å²) in [6.45, 7) is 7.07. The molecule has 2 amide bonds. The molecule has 2 aromatic carbocycles. The van der Waals surface area contributed by atoms with Gasteiger partial charge in [-0.25, -0.2) is 9.59 Å². The molecule has 0 saturated carbocycles. The molecule has 3 rings (SSSR count). The van der Waals surface area contributed by atoms with Crippen molar-refractivity contribution < 1.29 is 24.2 Å². The maximum Gasteiger partial charge on any atom is 0.408 e. The zero-order valence-corrected chi connectivity index (χ0v) is 19.6. The number of alkyl carbamates (subject to hydrolysis) is 1. The third kappa shape index (κ3) is 5.53. The summed E-state index contributed by atoms with van der Waals surface area (Å²) in [6, 6.07) is 15.0. The fraction of sp³-hybridized carbons (Fsp3) is 0.423. The Bertz CT molecular complexity index is 987. The average molecular weight is 453 g/mol. The third-order valence-electron chi connectivity index (χ3n) is 6.26. The molecule has 0 radical (unpaired) electrons. The van der Waals surface area contributed by atoms with Crippen LogP contribution in [0.2, 0.25) is 0 Å². The Kier molecular flexibility index (Phi) is 7.41. The first kappa shape index (κ1) is 24.3. The zero-order chi connectivity index (χ0) is 24.2. The summed E-state index contributed by atoms with van der Waals surface area (Å²) in [5, 5.41) is 14.6. The van der Waals surface area contributed by atoms with Crippen molar-refractivity contribution in [3.63, 3.8) is 0 Å². The van der Waals surface area contributed by atoms with Gasteiger partial charge in [-0.05, 0) is 48.4 Å². The van der Waals surface area contributed by atoms with E-state index in [1.807, 2.05) is 50.2 Å². The molecular weight excluding hydrogens is 420 g/mol. The summed E-state index contributed by atoms with van der Waals surface area (Å²) in [5.74, 6) is -1.62. The van der Waals surface area contributed by atoms with E-state index in [9.17, 15) is 19.5 Å². The highest BCUT2D eigenvalue weighted by atomic mass is 16.5. The maximum absolute atomic E-state index is 12.7. The highest BCUT2D eigenvalue weighted by Gasteiger charge is 2.35. The van der Waals surface area contributed by atoms with Crippen LogP contribution in [0.4, 0.5) is 4.79 Å². The summed E-state index contributed by atoms with van der Waals surface area (Å²) < 4.78 is 5.51. The molecule has 7 nitrogen and oxygen atoms in total. The number of carboxylic acids is 1. The Morgan fingerprint density at radius 1 is 1.03 bits per heavy atom. The van der Waals surface area contributed by atoms with Gasteiger partial charge < -0.3 is 20.5 Å². The molecule has 176 valence electrons. The topological polar surface area (TPSA) is 105 Å². The molecule has 1 aliphatic carbocycles. The smallest absolute Gasteiger partial charge is 0.408 e. The zero-order valence-electron chi connectivity index (χ0n) is 19.6. The molecule has 2 atom stereocenters. The molecule has 0 heterocycles. The lowest BCUT2D eigenvalue weighted by molar-refractivity contribution is -0.143. The van der Waals surface area contributed by atoms with E-state index in [4.69, 9.17) is 4.74 Å². The maximum atomic E-state index is 12.7. The first-order valence-electron chi connectivity index (χ1n) is 11.3. The van der Waals surface area contributed by atoms with Gasteiger partial charge in [-0.2, -0.15) is 0 Å². The number of carbonyl (C=O) groups excluding carboxylic acids is 2. The van der Waals surface area contributed by atoms with E-state index in [0.717, 1.165) is 28.7 Å². The number of aliphatic carboxylic acids is 1. The van der Waals surface area contributed by atoms with E-state index in [1.165, 1.54) is 13.8 Å². The third-order valence-corrected chi connectivity index (χ3v) is 6.26. The van der Waals surface area contributed by atoms with E-state index < -0.39 is 29.6 Å². The average Bonchev–Trinajstić information content (AvgIpc) is 3.10. The molecule has 0 fully saturated rings. The molecule has 1 aliphatic rings. The molecule has 3 N–H and O–H groups in total. The number of benzene rings is 2. The van der Waals surface area contributed by atoms with Gasteiger partial charge in [0.1, 0.15) is 18.2 Å². The molecular formula is C26H32N2O5. The van der Waals surface area contributed by atoms with Crippen LogP contribution in [0.25, 0.3) is 11.1 Å². The van der Waals surface area contributed by atoms with Gasteiger partial charge in [-0.1, -0.05) is 68.8 Å². The van der Waals surface area contributed by atoms with Crippen molar-refractivity contribution in [3.05, 3.63) is 59.7 Å². The predicted octanol–water partition coefficient (Wildman–Crippen LogP) is 4.31. The standard InChI is InChI=1S/C26H32N2O5/c1-5-16(2)14-22(23(29)30)27-24(31)26(3,4)28-25(32)33-15-21-19-12-8-6-10-17(19)18-11-7-9-13-20(18)21/h6-13,16,21-22H,5,14-15H2,1-4H3,(H,27,31)(H,28,32)(H,29,30). The van der Waals surface area contributed by atoms with Crippen LogP contribution in [0.15, 0.2) is 48.5 Å². The van der Waals surface area contributed by atoms with Crippen LogP contribution in [-0.2, 0) is 14.3 Å². The molecule has 0 aromatic heterocycles. The second-order valence-electron chi connectivity index (χ2n) is 9.19. The van der Waals surface area contributed by atoms with Crippen molar-refractivity contribution in [2.75, 3.05) is 6.61 Å². The second kappa shape index (κ2) is 10.1. The number of nitrogens with one attached hydrogen (secondary N) is 2. The first-order chi connectivity index (χ1) is 15.6. The van der Waals surface area contributed by atoms with Crippen molar-refractivity contribution >= 4 is 18.0 Å². The van der Waals surface area contributed by atoms with Crippen molar-refractivity contribution in [2.45, 2.75) is 58.0 Å². The van der Waals surface area contributed by atoms with Gasteiger partial charge in [0.05, 0.1) is 0 Å². The van der Waals surface area contributed by atoms with E-state index in [0.29, 0.717) is 6.42 Å². The van der Waals surface area contributed by atoms with Gasteiger partial charge in [-0.15, -0.1) is 0 Å². The SMILES string of the molecule is CCC(C)CC(NC(=O)C(C)(C)NC(=O)OCC1c2ccccc2-c2ccccc21)C(=O)O. The molecule has 0 spiro atoms. The molecule has 0 aliphatic heterocycles. The number of carbonyl (C=O) groups is 3. The Hall–Kier alpha value is -3.35. The van der Waals surface area contributed by atoms with Crippen molar-refractivity contribution in [3.8, 4) is 11.1 Å². The van der Waals surface area contributed by atoms with E-state index >= 15 is 0 Å². The number of carboxylic acid groups (broad SMARTS) is 1. The van der Waals surface area contributed by atoms with Crippen molar-refractivity contribution in [2.24, 2.45) is 5.92 Å².